The average Bonchev–Trinajstić information content (AvgIpc) is 3.37. The topological polar surface area (TPSA) is 102 Å². The molecule has 1 aliphatic rings. The summed E-state index contributed by atoms with van der Waals surface area (Å²) in [6.07, 6.45) is 1.49. The zero-order valence-corrected chi connectivity index (χ0v) is 17.1. The highest BCUT2D eigenvalue weighted by atomic mass is 79.9. The number of aryl methyl sites for hydroxylation is 1. The van der Waals surface area contributed by atoms with Crippen LogP contribution in [0.4, 0.5) is 5.69 Å². The smallest absolute Gasteiger partial charge is 0.273 e. The number of hydrogen-bond acceptors (Lipinski definition) is 6. The maximum Gasteiger partial charge on any atom is 0.273 e. The molecule has 0 bridgehead atoms. The van der Waals surface area contributed by atoms with Crippen LogP contribution in [0, 0.1) is 17.0 Å². The second kappa shape index (κ2) is 7.75. The lowest BCUT2D eigenvalue weighted by atomic mass is 10.1. The van der Waals surface area contributed by atoms with Crippen molar-refractivity contribution in [2.75, 3.05) is 6.54 Å². The van der Waals surface area contributed by atoms with Crippen LogP contribution in [0.15, 0.2) is 51.5 Å². The van der Waals surface area contributed by atoms with Gasteiger partial charge < -0.3 is 9.42 Å². The first-order valence-electron chi connectivity index (χ1n) is 9.09. The highest BCUT2D eigenvalue weighted by molar-refractivity contribution is 9.10. The lowest BCUT2D eigenvalue weighted by molar-refractivity contribution is -0.385. The summed E-state index contributed by atoms with van der Waals surface area (Å²) in [5.41, 5.74) is 1.54. The van der Waals surface area contributed by atoms with Crippen molar-refractivity contribution >= 4 is 27.5 Å². The molecule has 29 heavy (non-hydrogen) atoms. The summed E-state index contributed by atoms with van der Waals surface area (Å²) in [6.45, 7) is 2.17. The Morgan fingerprint density at radius 2 is 2.03 bits per heavy atom. The van der Waals surface area contributed by atoms with Crippen molar-refractivity contribution in [2.24, 2.45) is 0 Å². The van der Waals surface area contributed by atoms with E-state index in [9.17, 15) is 14.9 Å². The number of nitro benzene ring substituents is 1. The third-order valence-electron chi connectivity index (χ3n) is 5.00. The monoisotopic (exact) mass is 456 g/mol. The Labute approximate surface area is 174 Å². The van der Waals surface area contributed by atoms with E-state index < -0.39 is 4.92 Å². The third kappa shape index (κ3) is 3.77. The first-order valence-corrected chi connectivity index (χ1v) is 9.89. The Balaban J connectivity index is 1.60. The van der Waals surface area contributed by atoms with E-state index >= 15 is 0 Å². The van der Waals surface area contributed by atoms with E-state index in [1.807, 2.05) is 24.3 Å². The molecule has 1 aromatic heterocycles. The number of likely N-dealkylation sites (tertiary alicyclic amines) is 1. The Hall–Kier alpha value is -3.07. The number of aromatic nitrogens is 2. The van der Waals surface area contributed by atoms with Gasteiger partial charge in [0.2, 0.25) is 11.7 Å². The van der Waals surface area contributed by atoms with E-state index in [4.69, 9.17) is 4.52 Å². The SMILES string of the molecule is Cc1ccc(C(=O)N2CCCC2c2nc(-c3ccc(Br)cc3)no2)cc1[N+](=O)[O-]. The fraction of sp³-hybridized carbons (Fsp3) is 0.250. The quantitative estimate of drug-likeness (QED) is 0.416. The summed E-state index contributed by atoms with van der Waals surface area (Å²) in [5, 5.41) is 15.3. The van der Waals surface area contributed by atoms with E-state index in [2.05, 4.69) is 26.1 Å². The summed E-state index contributed by atoms with van der Waals surface area (Å²) in [6, 6.07) is 11.7. The number of carbonyl (C=O) groups is 1. The average molecular weight is 457 g/mol. The van der Waals surface area contributed by atoms with Gasteiger partial charge in [0.15, 0.2) is 0 Å². The van der Waals surface area contributed by atoms with Gasteiger partial charge in [0, 0.05) is 33.8 Å². The molecule has 4 rings (SSSR count). The van der Waals surface area contributed by atoms with Gasteiger partial charge in [-0.2, -0.15) is 4.98 Å². The minimum absolute atomic E-state index is 0.0677. The molecular weight excluding hydrogens is 440 g/mol. The summed E-state index contributed by atoms with van der Waals surface area (Å²) < 4.78 is 6.40. The van der Waals surface area contributed by atoms with Crippen LogP contribution in [0.5, 0.6) is 0 Å². The van der Waals surface area contributed by atoms with E-state index in [1.165, 1.54) is 6.07 Å². The van der Waals surface area contributed by atoms with Crippen LogP contribution in [0.2, 0.25) is 0 Å². The van der Waals surface area contributed by atoms with Crippen LogP contribution in [-0.2, 0) is 0 Å². The minimum atomic E-state index is -0.476. The van der Waals surface area contributed by atoms with E-state index in [1.54, 1.807) is 24.0 Å². The maximum atomic E-state index is 13.0. The van der Waals surface area contributed by atoms with Crippen LogP contribution in [0.1, 0.15) is 40.7 Å². The van der Waals surface area contributed by atoms with E-state index in [0.29, 0.717) is 30.2 Å². The van der Waals surface area contributed by atoms with Crippen molar-refractivity contribution in [1.82, 2.24) is 15.0 Å². The lowest BCUT2D eigenvalue weighted by Crippen LogP contribution is -2.30. The van der Waals surface area contributed by atoms with Gasteiger partial charge in [0.25, 0.3) is 11.6 Å². The predicted molar refractivity (Wildman–Crippen MR) is 108 cm³/mol. The lowest BCUT2D eigenvalue weighted by Gasteiger charge is -2.22. The molecule has 3 aromatic rings. The Morgan fingerprint density at radius 3 is 2.76 bits per heavy atom. The molecule has 2 aromatic carbocycles. The molecule has 0 spiro atoms. The van der Waals surface area contributed by atoms with Gasteiger partial charge in [-0.05, 0) is 50.1 Å². The number of carbonyl (C=O) groups excluding carboxylic acids is 1. The van der Waals surface area contributed by atoms with Gasteiger partial charge in [-0.15, -0.1) is 0 Å². The maximum absolute atomic E-state index is 13.0. The third-order valence-corrected chi connectivity index (χ3v) is 5.52. The first kappa shape index (κ1) is 19.3. The molecule has 1 aliphatic heterocycles. The van der Waals surface area contributed by atoms with Crippen molar-refractivity contribution in [3.8, 4) is 11.4 Å². The van der Waals surface area contributed by atoms with Crippen molar-refractivity contribution < 1.29 is 14.2 Å². The number of amides is 1. The molecular formula is C20H17BrN4O4. The first-order chi connectivity index (χ1) is 13.9. The van der Waals surface area contributed by atoms with Gasteiger partial charge in [0.1, 0.15) is 6.04 Å². The zero-order chi connectivity index (χ0) is 20.5. The molecule has 1 amide bonds. The Kier molecular flexibility index (Phi) is 5.14. The molecule has 2 heterocycles. The van der Waals surface area contributed by atoms with Gasteiger partial charge in [0.05, 0.1) is 4.92 Å². The molecule has 9 heteroatoms. The van der Waals surface area contributed by atoms with Crippen molar-refractivity contribution in [1.29, 1.82) is 0 Å². The predicted octanol–water partition coefficient (Wildman–Crippen LogP) is 4.69. The van der Waals surface area contributed by atoms with Gasteiger partial charge in [-0.3, -0.25) is 14.9 Å². The fourth-order valence-electron chi connectivity index (χ4n) is 3.46. The summed E-state index contributed by atoms with van der Waals surface area (Å²) in [7, 11) is 0. The summed E-state index contributed by atoms with van der Waals surface area (Å²) in [4.78, 5) is 29.9. The van der Waals surface area contributed by atoms with Gasteiger partial charge in [-0.25, -0.2) is 0 Å². The normalized spacial score (nSPS) is 16.2. The largest absolute Gasteiger partial charge is 0.337 e. The van der Waals surface area contributed by atoms with Crippen molar-refractivity contribution in [3.63, 3.8) is 0 Å². The number of benzene rings is 2. The van der Waals surface area contributed by atoms with Gasteiger partial charge >= 0.3 is 0 Å². The number of nitrogens with zero attached hydrogens (tertiary/aromatic N) is 4. The highest BCUT2D eigenvalue weighted by Gasteiger charge is 2.35. The molecule has 8 nitrogen and oxygen atoms in total. The van der Waals surface area contributed by atoms with Crippen LogP contribution in [0.3, 0.4) is 0 Å². The molecule has 1 unspecified atom stereocenters. The fourth-order valence-corrected chi connectivity index (χ4v) is 3.72. The Morgan fingerprint density at radius 1 is 1.28 bits per heavy atom. The molecule has 1 fully saturated rings. The van der Waals surface area contributed by atoms with Crippen LogP contribution in [-0.4, -0.2) is 32.4 Å². The molecule has 0 radical (unpaired) electrons. The van der Waals surface area contributed by atoms with Crippen LogP contribution >= 0.6 is 15.9 Å². The zero-order valence-electron chi connectivity index (χ0n) is 15.5. The second-order valence-electron chi connectivity index (χ2n) is 6.88. The number of halogens is 1. The standard InChI is InChI=1S/C20H17BrN4O4/c1-12-4-5-14(11-17(12)25(27)28)20(26)24-10-2-3-16(24)19-22-18(23-29-19)13-6-8-15(21)9-7-13/h4-9,11,16H,2-3,10H2,1H3. The van der Waals surface area contributed by atoms with Gasteiger partial charge in [-0.1, -0.05) is 27.2 Å². The second-order valence-corrected chi connectivity index (χ2v) is 7.79. The van der Waals surface area contributed by atoms with Crippen molar-refractivity contribution in [3.05, 3.63) is 74.1 Å². The molecule has 148 valence electrons. The van der Waals surface area contributed by atoms with Crippen LogP contribution in [0.25, 0.3) is 11.4 Å². The molecule has 1 atom stereocenters. The molecule has 1 saturated heterocycles. The molecule has 0 aliphatic carbocycles. The van der Waals surface area contributed by atoms with E-state index in [0.717, 1.165) is 16.5 Å². The number of nitro groups is 1. The van der Waals surface area contributed by atoms with Crippen LogP contribution < -0.4 is 0 Å². The molecule has 0 N–H and O–H groups in total. The number of rotatable bonds is 4. The minimum Gasteiger partial charge on any atom is -0.337 e. The van der Waals surface area contributed by atoms with Crippen molar-refractivity contribution in [2.45, 2.75) is 25.8 Å². The Bertz CT molecular complexity index is 1080. The highest BCUT2D eigenvalue weighted by Crippen LogP contribution is 2.34. The van der Waals surface area contributed by atoms with E-state index in [-0.39, 0.29) is 23.2 Å². The number of hydrogen-bond donors (Lipinski definition) is 0. The summed E-state index contributed by atoms with van der Waals surface area (Å²) in [5.74, 6) is 0.548. The molecule has 0 saturated carbocycles. The summed E-state index contributed by atoms with van der Waals surface area (Å²) >= 11 is 3.39.